The molecule has 8 heteroatoms. The summed E-state index contributed by atoms with van der Waals surface area (Å²) in [6.07, 6.45) is 0.159. The summed E-state index contributed by atoms with van der Waals surface area (Å²) in [5.74, 6) is 2.96. The van der Waals surface area contributed by atoms with Crippen molar-refractivity contribution in [1.82, 2.24) is 5.01 Å². The van der Waals surface area contributed by atoms with Gasteiger partial charge in [-0.05, 0) is 60.2 Å². The normalized spacial score (nSPS) is 12.8. The van der Waals surface area contributed by atoms with E-state index in [1.54, 1.807) is 0 Å². The molecule has 0 saturated carbocycles. The number of amides is 1. The van der Waals surface area contributed by atoms with E-state index in [9.17, 15) is 4.79 Å². The molecule has 2 heterocycles. The fraction of sp³-hybridized carbons (Fsp3) is 0.0667. The monoisotopic (exact) mass is 540 g/mol. The Morgan fingerprint density at radius 2 is 1.50 bits per heavy atom. The van der Waals surface area contributed by atoms with Crippen molar-refractivity contribution in [3.8, 4) is 23.0 Å². The molecule has 6 nitrogen and oxygen atoms in total. The fourth-order valence-corrected chi connectivity index (χ4v) is 5.43. The van der Waals surface area contributed by atoms with Crippen LogP contribution in [0.5, 0.6) is 23.0 Å². The molecule has 38 heavy (non-hydrogen) atoms. The number of hydrogen-bond donors (Lipinski definition) is 0. The van der Waals surface area contributed by atoms with Crippen molar-refractivity contribution in [1.29, 1.82) is 0 Å². The van der Waals surface area contributed by atoms with Crippen LogP contribution < -0.4 is 9.47 Å². The van der Waals surface area contributed by atoms with Crippen molar-refractivity contribution in [2.75, 3.05) is 6.73 Å². The average Bonchev–Trinajstić information content (AvgIpc) is 3.55. The van der Waals surface area contributed by atoms with Crippen LogP contribution in [0, 0.1) is 0 Å². The van der Waals surface area contributed by atoms with Crippen LogP contribution in [0.25, 0.3) is 10.1 Å². The molecule has 188 valence electrons. The van der Waals surface area contributed by atoms with Crippen molar-refractivity contribution in [2.45, 2.75) is 6.42 Å². The molecule has 0 spiro atoms. The highest BCUT2D eigenvalue weighted by molar-refractivity contribution is 7.21. The third-order valence-corrected chi connectivity index (χ3v) is 7.49. The Hall–Kier alpha value is -4.33. The number of thiophene rings is 1. The predicted molar refractivity (Wildman–Crippen MR) is 149 cm³/mol. The molecule has 1 aromatic heterocycles. The van der Waals surface area contributed by atoms with Gasteiger partial charge in [0.2, 0.25) is 5.91 Å². The first-order valence-corrected chi connectivity index (χ1v) is 13.1. The van der Waals surface area contributed by atoms with E-state index < -0.39 is 0 Å². The number of ether oxygens (including phenoxy) is 3. The summed E-state index contributed by atoms with van der Waals surface area (Å²) < 4.78 is 18.6. The van der Waals surface area contributed by atoms with Gasteiger partial charge < -0.3 is 14.2 Å². The zero-order valence-electron chi connectivity index (χ0n) is 20.0. The van der Waals surface area contributed by atoms with Crippen LogP contribution in [0.3, 0.4) is 0 Å². The lowest BCUT2D eigenvalue weighted by Gasteiger charge is -2.10. The number of carbonyl (C=O) groups excluding carboxylic acids is 1. The van der Waals surface area contributed by atoms with Gasteiger partial charge in [0.05, 0.1) is 11.4 Å². The Morgan fingerprint density at radius 1 is 0.842 bits per heavy atom. The zero-order chi connectivity index (χ0) is 25.9. The van der Waals surface area contributed by atoms with Gasteiger partial charge in [0.1, 0.15) is 27.9 Å². The number of hydrogen-bond acceptors (Lipinski definition) is 6. The number of nitrogens with zero attached hydrogens (tertiary/aromatic N) is 2. The molecule has 0 aliphatic carbocycles. The van der Waals surface area contributed by atoms with E-state index in [1.165, 1.54) is 16.3 Å². The van der Waals surface area contributed by atoms with Crippen LogP contribution in [0.4, 0.5) is 0 Å². The van der Waals surface area contributed by atoms with Crippen molar-refractivity contribution in [3.05, 3.63) is 119 Å². The summed E-state index contributed by atoms with van der Waals surface area (Å²) in [7, 11) is 0. The molecule has 0 radical (unpaired) electrons. The Bertz CT molecular complexity index is 1640. The van der Waals surface area contributed by atoms with Crippen LogP contribution in [-0.4, -0.2) is 23.5 Å². The van der Waals surface area contributed by atoms with Crippen molar-refractivity contribution < 1.29 is 19.0 Å². The van der Waals surface area contributed by atoms with Crippen LogP contribution in [0.15, 0.2) is 108 Å². The maximum Gasteiger partial charge on any atom is 0.252 e. The second kappa shape index (κ2) is 10.6. The van der Waals surface area contributed by atoms with E-state index in [4.69, 9.17) is 25.8 Å². The molecule has 0 unspecified atom stereocenters. The number of para-hydroxylation sites is 2. The molecule has 1 amide bonds. The second-order valence-corrected chi connectivity index (χ2v) is 9.96. The zero-order valence-corrected chi connectivity index (χ0v) is 21.6. The van der Waals surface area contributed by atoms with Gasteiger partial charge in [0, 0.05) is 10.1 Å². The first-order chi connectivity index (χ1) is 18.6. The number of benzene rings is 4. The lowest BCUT2D eigenvalue weighted by molar-refractivity contribution is -0.132. The molecule has 5 aromatic rings. The van der Waals surface area contributed by atoms with Gasteiger partial charge in [-0.3, -0.25) is 4.79 Å². The minimum Gasteiger partial charge on any atom is -0.457 e. The van der Waals surface area contributed by atoms with Crippen molar-refractivity contribution in [3.63, 3.8) is 0 Å². The summed E-state index contributed by atoms with van der Waals surface area (Å²) in [5, 5.41) is 7.11. The predicted octanol–water partition coefficient (Wildman–Crippen LogP) is 7.86. The first-order valence-electron chi connectivity index (χ1n) is 11.9. The third-order valence-electron chi connectivity index (χ3n) is 5.83. The summed E-state index contributed by atoms with van der Waals surface area (Å²) in [5.41, 5.74) is 0.818. The third kappa shape index (κ3) is 5.20. The van der Waals surface area contributed by atoms with Crippen LogP contribution in [0.1, 0.15) is 10.4 Å². The molecule has 0 bridgehead atoms. The minimum atomic E-state index is -0.187. The molecule has 1 aliphatic rings. The van der Waals surface area contributed by atoms with E-state index in [0.29, 0.717) is 27.3 Å². The lowest BCUT2D eigenvalue weighted by Crippen LogP contribution is -2.25. The van der Waals surface area contributed by atoms with Gasteiger partial charge in [-0.15, -0.1) is 16.4 Å². The molecule has 6 rings (SSSR count). The highest BCUT2D eigenvalue weighted by atomic mass is 35.5. The Labute approximate surface area is 228 Å². The molecule has 4 aromatic carbocycles. The largest absolute Gasteiger partial charge is 0.457 e. The average molecular weight is 541 g/mol. The lowest BCUT2D eigenvalue weighted by atomic mass is 10.1. The summed E-state index contributed by atoms with van der Waals surface area (Å²) >= 11 is 8.19. The van der Waals surface area contributed by atoms with Crippen LogP contribution in [0.2, 0.25) is 5.02 Å². The van der Waals surface area contributed by atoms with Gasteiger partial charge in [-0.1, -0.05) is 60.1 Å². The SMILES string of the molecule is O=C(Cc1cccc(Oc2ccccc2)c1)N1COC(c2sc3ccc(Oc4ccccc4)cc3c2Cl)=N1. The number of halogens is 1. The molecule has 0 N–H and O–H groups in total. The van der Waals surface area contributed by atoms with Crippen LogP contribution in [-0.2, 0) is 16.0 Å². The molecule has 0 fully saturated rings. The molecule has 0 saturated heterocycles. The Morgan fingerprint density at radius 3 is 2.21 bits per heavy atom. The highest BCUT2D eigenvalue weighted by Gasteiger charge is 2.27. The van der Waals surface area contributed by atoms with E-state index in [0.717, 1.165) is 27.1 Å². The molecule has 1 aliphatic heterocycles. The Balaban J connectivity index is 1.16. The summed E-state index contributed by atoms with van der Waals surface area (Å²) in [4.78, 5) is 13.7. The maximum atomic E-state index is 13.0. The summed E-state index contributed by atoms with van der Waals surface area (Å²) in [6, 6.07) is 32.3. The number of rotatable bonds is 7. The maximum absolute atomic E-state index is 13.0. The van der Waals surface area contributed by atoms with E-state index >= 15 is 0 Å². The molecular weight excluding hydrogens is 520 g/mol. The topological polar surface area (TPSA) is 60.4 Å². The minimum absolute atomic E-state index is 0.0291. The molecular formula is C30H21ClN2O4S. The second-order valence-electron chi connectivity index (χ2n) is 8.53. The highest BCUT2D eigenvalue weighted by Crippen LogP contribution is 2.39. The Kier molecular flexibility index (Phi) is 6.69. The van der Waals surface area contributed by atoms with Gasteiger partial charge in [0.25, 0.3) is 5.90 Å². The van der Waals surface area contributed by atoms with E-state index in [-0.39, 0.29) is 19.1 Å². The summed E-state index contributed by atoms with van der Waals surface area (Å²) in [6.45, 7) is 0.0291. The quantitative estimate of drug-likeness (QED) is 0.211. The van der Waals surface area contributed by atoms with Gasteiger partial charge >= 0.3 is 0 Å². The number of carbonyl (C=O) groups is 1. The standard InChI is InChI=1S/C30H21ClN2O4S/c31-28-25-18-24(37-22-11-5-2-6-12-22)14-15-26(25)38-29(28)30-32-33(19-35-30)27(34)17-20-8-7-13-23(16-20)36-21-9-3-1-4-10-21/h1-16,18H,17,19H2. The molecule has 0 atom stereocenters. The van der Waals surface area contributed by atoms with Gasteiger partial charge in [0.15, 0.2) is 6.73 Å². The van der Waals surface area contributed by atoms with Crippen molar-refractivity contribution in [2.24, 2.45) is 5.10 Å². The number of fused-ring (bicyclic) bond motifs is 1. The van der Waals surface area contributed by atoms with Gasteiger partial charge in [-0.25, -0.2) is 0 Å². The van der Waals surface area contributed by atoms with Crippen LogP contribution >= 0.6 is 22.9 Å². The smallest absolute Gasteiger partial charge is 0.252 e. The van der Waals surface area contributed by atoms with Gasteiger partial charge in [-0.2, -0.15) is 5.01 Å². The van der Waals surface area contributed by atoms with E-state index in [2.05, 4.69) is 5.10 Å². The first kappa shape index (κ1) is 24.0. The number of hydrazone groups is 1. The van der Waals surface area contributed by atoms with Crippen molar-refractivity contribution >= 4 is 44.8 Å². The fourth-order valence-electron chi connectivity index (χ4n) is 4.01. The van der Waals surface area contributed by atoms with E-state index in [1.807, 2.05) is 103 Å².